The van der Waals surface area contributed by atoms with Gasteiger partial charge in [0.2, 0.25) is 0 Å². The van der Waals surface area contributed by atoms with Crippen LogP contribution in [0.5, 0.6) is 0 Å². The van der Waals surface area contributed by atoms with E-state index in [1.54, 1.807) is 0 Å². The van der Waals surface area contributed by atoms with E-state index in [9.17, 15) is 5.11 Å². The summed E-state index contributed by atoms with van der Waals surface area (Å²) in [6, 6.07) is 8.33. The van der Waals surface area contributed by atoms with Crippen molar-refractivity contribution in [3.8, 4) is 0 Å². The second-order valence-corrected chi connectivity index (χ2v) is 4.44. The lowest BCUT2D eigenvalue weighted by Crippen LogP contribution is -2.32. The molecule has 0 fully saturated rings. The van der Waals surface area contributed by atoms with Crippen LogP contribution in [-0.2, 0) is 11.3 Å². The molecule has 17 heavy (non-hydrogen) atoms. The van der Waals surface area contributed by atoms with Gasteiger partial charge >= 0.3 is 0 Å². The van der Waals surface area contributed by atoms with Crippen molar-refractivity contribution in [2.75, 3.05) is 26.8 Å². The van der Waals surface area contributed by atoms with Gasteiger partial charge in [0, 0.05) is 19.7 Å². The topological polar surface area (TPSA) is 32.7 Å². The van der Waals surface area contributed by atoms with Crippen LogP contribution in [0.15, 0.2) is 24.3 Å². The molecule has 0 spiro atoms. The van der Waals surface area contributed by atoms with Crippen LogP contribution in [0.25, 0.3) is 0 Å². The first kappa shape index (κ1) is 14.2. The van der Waals surface area contributed by atoms with Crippen molar-refractivity contribution in [1.29, 1.82) is 0 Å². The molecule has 1 rings (SSSR count). The number of nitrogens with zero attached hydrogens (tertiary/aromatic N) is 1. The molecule has 0 aliphatic rings. The Morgan fingerprint density at radius 3 is 2.71 bits per heavy atom. The van der Waals surface area contributed by atoms with E-state index in [0.717, 1.165) is 6.54 Å². The Labute approximate surface area is 104 Å². The fraction of sp³-hybridized carbons (Fsp3) is 0.571. The summed E-state index contributed by atoms with van der Waals surface area (Å²) in [5.74, 6) is 0. The molecule has 0 amide bonds. The molecule has 96 valence electrons. The Morgan fingerprint density at radius 1 is 1.35 bits per heavy atom. The Kier molecular flexibility index (Phi) is 6.19. The third kappa shape index (κ3) is 5.31. The fourth-order valence-corrected chi connectivity index (χ4v) is 1.81. The van der Waals surface area contributed by atoms with Crippen LogP contribution in [-0.4, -0.2) is 42.9 Å². The average Bonchev–Trinajstić information content (AvgIpc) is 2.29. The highest BCUT2D eigenvalue weighted by Crippen LogP contribution is 2.09. The van der Waals surface area contributed by atoms with E-state index >= 15 is 0 Å². The van der Waals surface area contributed by atoms with E-state index in [0.29, 0.717) is 19.8 Å². The summed E-state index contributed by atoms with van der Waals surface area (Å²) >= 11 is 0. The molecular formula is C14H23NO2. The van der Waals surface area contributed by atoms with Crippen molar-refractivity contribution in [2.45, 2.75) is 26.5 Å². The van der Waals surface area contributed by atoms with Crippen molar-refractivity contribution in [1.82, 2.24) is 4.90 Å². The largest absolute Gasteiger partial charge is 0.389 e. The number of benzene rings is 1. The minimum atomic E-state index is -0.413. The van der Waals surface area contributed by atoms with E-state index in [-0.39, 0.29) is 0 Å². The van der Waals surface area contributed by atoms with Crippen LogP contribution in [0.2, 0.25) is 0 Å². The van der Waals surface area contributed by atoms with Crippen molar-refractivity contribution in [3.05, 3.63) is 35.4 Å². The van der Waals surface area contributed by atoms with Gasteiger partial charge in [-0.05, 0) is 32.0 Å². The molecule has 1 N–H and O–H groups in total. The predicted molar refractivity (Wildman–Crippen MR) is 70.0 cm³/mol. The summed E-state index contributed by atoms with van der Waals surface area (Å²) in [5.41, 5.74) is 2.59. The fourth-order valence-electron chi connectivity index (χ4n) is 1.81. The smallest absolute Gasteiger partial charge is 0.0900 e. The zero-order chi connectivity index (χ0) is 12.7. The van der Waals surface area contributed by atoms with Crippen molar-refractivity contribution >= 4 is 0 Å². The molecule has 0 aliphatic carbocycles. The number of aliphatic hydroxyl groups is 1. The predicted octanol–water partition coefficient (Wildman–Crippen LogP) is 1.82. The van der Waals surface area contributed by atoms with Crippen LogP contribution in [0, 0.1) is 6.92 Å². The van der Waals surface area contributed by atoms with Crippen LogP contribution in [0.4, 0.5) is 0 Å². The van der Waals surface area contributed by atoms with Gasteiger partial charge in [-0.2, -0.15) is 0 Å². The third-order valence-electron chi connectivity index (χ3n) is 2.74. The number of rotatable bonds is 7. The van der Waals surface area contributed by atoms with Gasteiger partial charge in [0.15, 0.2) is 0 Å². The Morgan fingerprint density at radius 2 is 2.06 bits per heavy atom. The molecule has 0 heterocycles. The van der Waals surface area contributed by atoms with Crippen LogP contribution < -0.4 is 0 Å². The first-order valence-electron chi connectivity index (χ1n) is 6.12. The molecule has 1 atom stereocenters. The minimum absolute atomic E-state index is 0.411. The molecule has 3 nitrogen and oxygen atoms in total. The summed E-state index contributed by atoms with van der Waals surface area (Å²) in [6.07, 6.45) is -0.413. The van der Waals surface area contributed by atoms with E-state index in [1.807, 2.05) is 26.1 Å². The Balaban J connectivity index is 2.39. The summed E-state index contributed by atoms with van der Waals surface area (Å²) < 4.78 is 5.19. The number of hydrogen-bond acceptors (Lipinski definition) is 3. The highest BCUT2D eigenvalue weighted by Gasteiger charge is 2.09. The molecule has 0 saturated carbocycles. The molecule has 0 aliphatic heterocycles. The average molecular weight is 237 g/mol. The maximum Gasteiger partial charge on any atom is 0.0900 e. The van der Waals surface area contributed by atoms with Crippen molar-refractivity contribution in [3.63, 3.8) is 0 Å². The maximum atomic E-state index is 9.73. The Hall–Kier alpha value is -0.900. The molecular weight excluding hydrogens is 214 g/mol. The monoisotopic (exact) mass is 237 g/mol. The highest BCUT2D eigenvalue weighted by molar-refractivity contribution is 5.25. The second-order valence-electron chi connectivity index (χ2n) is 4.44. The SMILES string of the molecule is CCOCC(O)CN(C)Cc1ccccc1C. The normalized spacial score (nSPS) is 13.0. The maximum absolute atomic E-state index is 9.73. The van der Waals surface area contributed by atoms with Gasteiger partial charge in [0.05, 0.1) is 12.7 Å². The minimum Gasteiger partial charge on any atom is -0.389 e. The van der Waals surface area contributed by atoms with Crippen LogP contribution in [0.1, 0.15) is 18.1 Å². The summed E-state index contributed by atoms with van der Waals surface area (Å²) in [4.78, 5) is 2.12. The number of likely N-dealkylation sites (N-methyl/N-ethyl adjacent to an activating group) is 1. The second kappa shape index (κ2) is 7.43. The van der Waals surface area contributed by atoms with Gasteiger partial charge in [0.25, 0.3) is 0 Å². The number of hydrogen-bond donors (Lipinski definition) is 1. The molecule has 1 unspecified atom stereocenters. The number of aliphatic hydroxyl groups excluding tert-OH is 1. The van der Waals surface area contributed by atoms with E-state index < -0.39 is 6.10 Å². The lowest BCUT2D eigenvalue weighted by atomic mass is 10.1. The van der Waals surface area contributed by atoms with Crippen molar-refractivity contribution in [2.24, 2.45) is 0 Å². The van der Waals surface area contributed by atoms with Crippen LogP contribution in [0.3, 0.4) is 0 Å². The summed E-state index contributed by atoms with van der Waals surface area (Å²) in [5, 5.41) is 9.73. The van der Waals surface area contributed by atoms with Gasteiger partial charge < -0.3 is 9.84 Å². The first-order chi connectivity index (χ1) is 8.13. The molecule has 0 radical (unpaired) electrons. The van der Waals surface area contributed by atoms with E-state index in [2.05, 4.69) is 24.0 Å². The van der Waals surface area contributed by atoms with Gasteiger partial charge in [-0.3, -0.25) is 4.90 Å². The lowest BCUT2D eigenvalue weighted by molar-refractivity contribution is 0.0244. The number of aryl methyl sites for hydroxylation is 1. The van der Waals surface area contributed by atoms with E-state index in [4.69, 9.17) is 4.74 Å². The summed E-state index contributed by atoms with van der Waals surface area (Å²) in [7, 11) is 2.02. The van der Waals surface area contributed by atoms with Gasteiger partial charge in [-0.25, -0.2) is 0 Å². The lowest BCUT2D eigenvalue weighted by Gasteiger charge is -2.21. The molecule has 0 saturated heterocycles. The summed E-state index contributed by atoms with van der Waals surface area (Å²) in [6.45, 7) is 6.60. The van der Waals surface area contributed by atoms with Gasteiger partial charge in [-0.15, -0.1) is 0 Å². The zero-order valence-corrected chi connectivity index (χ0v) is 11.0. The number of ether oxygens (including phenoxy) is 1. The zero-order valence-electron chi connectivity index (χ0n) is 11.0. The first-order valence-corrected chi connectivity index (χ1v) is 6.12. The standard InChI is InChI=1S/C14H23NO2/c1-4-17-11-14(16)10-15(3)9-13-8-6-5-7-12(13)2/h5-8,14,16H,4,9-11H2,1-3H3. The highest BCUT2D eigenvalue weighted by atomic mass is 16.5. The molecule has 1 aromatic rings. The molecule has 3 heteroatoms. The quantitative estimate of drug-likeness (QED) is 0.785. The van der Waals surface area contributed by atoms with E-state index in [1.165, 1.54) is 11.1 Å². The van der Waals surface area contributed by atoms with Crippen LogP contribution >= 0.6 is 0 Å². The molecule has 0 aromatic heterocycles. The van der Waals surface area contributed by atoms with Gasteiger partial charge in [-0.1, -0.05) is 24.3 Å². The molecule has 0 bridgehead atoms. The third-order valence-corrected chi connectivity index (χ3v) is 2.74. The molecule has 1 aromatic carbocycles. The Bertz CT molecular complexity index is 328. The van der Waals surface area contributed by atoms with Crippen molar-refractivity contribution < 1.29 is 9.84 Å². The van der Waals surface area contributed by atoms with Gasteiger partial charge in [0.1, 0.15) is 0 Å².